The molecule has 16 heteroatoms. The molecule has 11 atom stereocenters. The number of amides is 1. The van der Waals surface area contributed by atoms with Crippen LogP contribution in [0.25, 0.3) is 0 Å². The van der Waals surface area contributed by atoms with Crippen LogP contribution in [0, 0.1) is 28.6 Å². The molecule has 4 aliphatic rings. The summed E-state index contributed by atoms with van der Waals surface area (Å²) in [7, 11) is 0. The van der Waals surface area contributed by atoms with Crippen molar-refractivity contribution in [2.45, 2.75) is 149 Å². The molecule has 1 aromatic rings. The lowest BCUT2D eigenvalue weighted by molar-refractivity contribution is -0.345. The van der Waals surface area contributed by atoms with Crippen LogP contribution in [0.4, 0.5) is 4.79 Å². The number of aliphatic hydroxyl groups is 3. The second-order valence-electron chi connectivity index (χ2n) is 18.6. The third-order valence-electron chi connectivity index (χ3n) is 12.5. The number of hydrogen-bond acceptors (Lipinski definition) is 15. The molecule has 59 heavy (non-hydrogen) atoms. The van der Waals surface area contributed by atoms with Crippen molar-refractivity contribution in [1.82, 2.24) is 5.32 Å². The second-order valence-corrected chi connectivity index (χ2v) is 18.6. The Morgan fingerprint density at radius 1 is 1.00 bits per heavy atom. The highest BCUT2D eigenvalue weighted by molar-refractivity contribution is 6.02. The number of nitrogens with one attached hydrogen (secondary N) is 1. The molecule has 1 amide bonds. The molecule has 0 radical (unpaired) electrons. The van der Waals surface area contributed by atoms with Gasteiger partial charge in [0.05, 0.1) is 35.6 Å². The monoisotopic (exact) mass is 829 g/mol. The molecule has 5 rings (SSSR count). The first-order valence-electron chi connectivity index (χ1n) is 20.0. The molecule has 3 fully saturated rings. The first-order valence-corrected chi connectivity index (χ1v) is 20.0. The average molecular weight is 830 g/mol. The topological polar surface area (TPSA) is 231 Å². The number of alkyl carbamates (subject to hydrolysis) is 1. The van der Waals surface area contributed by atoms with E-state index in [-0.39, 0.29) is 36.5 Å². The summed E-state index contributed by atoms with van der Waals surface area (Å²) in [6, 6.07) is 6.66. The molecule has 1 aromatic carbocycles. The Kier molecular flexibility index (Phi) is 12.6. The van der Waals surface area contributed by atoms with Gasteiger partial charge in [-0.05, 0) is 57.7 Å². The predicted octanol–water partition coefficient (Wildman–Crippen LogP) is 3.71. The van der Waals surface area contributed by atoms with Gasteiger partial charge in [0.1, 0.15) is 29.5 Å². The van der Waals surface area contributed by atoms with E-state index in [4.69, 9.17) is 28.4 Å². The number of carbonyl (C=O) groups excluding carboxylic acids is 6. The third-order valence-corrected chi connectivity index (χ3v) is 12.5. The summed E-state index contributed by atoms with van der Waals surface area (Å²) < 4.78 is 35.4. The Bertz CT molecular complexity index is 1870. The van der Waals surface area contributed by atoms with Gasteiger partial charge in [0.2, 0.25) is 5.78 Å². The molecule has 3 aliphatic carbocycles. The Labute approximate surface area is 344 Å². The van der Waals surface area contributed by atoms with Gasteiger partial charge in [-0.1, -0.05) is 52.8 Å². The number of hydrogen-bond donors (Lipinski definition) is 4. The fourth-order valence-corrected chi connectivity index (χ4v) is 9.64. The fourth-order valence-electron chi connectivity index (χ4n) is 9.64. The zero-order chi connectivity index (χ0) is 44.2. The first-order chi connectivity index (χ1) is 27.2. The number of fused-ring (bicyclic) bond motifs is 5. The number of benzene rings is 1. The van der Waals surface area contributed by atoms with Crippen LogP contribution in [-0.4, -0.2) is 111 Å². The summed E-state index contributed by atoms with van der Waals surface area (Å²) in [6.45, 7) is 16.6. The number of aliphatic hydroxyl groups excluding tert-OH is 2. The molecule has 0 aromatic heterocycles. The zero-order valence-electron chi connectivity index (χ0n) is 35.7. The largest absolute Gasteiger partial charge is 0.460 e. The summed E-state index contributed by atoms with van der Waals surface area (Å²) in [6.07, 6.45) is -9.21. The Morgan fingerprint density at radius 3 is 2.15 bits per heavy atom. The quantitative estimate of drug-likeness (QED) is 0.195. The van der Waals surface area contributed by atoms with Crippen molar-refractivity contribution in [2.75, 3.05) is 6.61 Å². The van der Waals surface area contributed by atoms with Gasteiger partial charge in [-0.2, -0.15) is 0 Å². The van der Waals surface area contributed by atoms with Gasteiger partial charge >= 0.3 is 30.0 Å². The van der Waals surface area contributed by atoms with Crippen LogP contribution in [0.1, 0.15) is 106 Å². The minimum atomic E-state index is -2.37. The van der Waals surface area contributed by atoms with Gasteiger partial charge in [-0.15, -0.1) is 0 Å². The summed E-state index contributed by atoms with van der Waals surface area (Å²) in [5, 5.41) is 39.6. The van der Waals surface area contributed by atoms with E-state index in [9.17, 15) is 39.3 Å². The van der Waals surface area contributed by atoms with E-state index in [1.165, 1.54) is 19.1 Å². The Morgan fingerprint density at radius 2 is 1.63 bits per heavy atom. The predicted molar refractivity (Wildman–Crippen MR) is 207 cm³/mol. The molecule has 16 nitrogen and oxygen atoms in total. The van der Waals surface area contributed by atoms with Crippen LogP contribution in [0.2, 0.25) is 0 Å². The van der Waals surface area contributed by atoms with E-state index in [2.05, 4.69) is 5.32 Å². The fraction of sp³-hybridized carbons (Fsp3) is 0.674. The smallest absolute Gasteiger partial charge is 0.407 e. The van der Waals surface area contributed by atoms with Crippen LogP contribution >= 0.6 is 0 Å². The molecule has 1 saturated heterocycles. The number of ketones is 1. The molecule has 1 aliphatic heterocycles. The molecule has 1 heterocycles. The molecule has 1 unspecified atom stereocenters. The van der Waals surface area contributed by atoms with E-state index in [0.29, 0.717) is 0 Å². The maximum atomic E-state index is 15.4. The van der Waals surface area contributed by atoms with E-state index < -0.39 is 124 Å². The van der Waals surface area contributed by atoms with Gasteiger partial charge in [-0.25, -0.2) is 14.4 Å². The summed E-state index contributed by atoms with van der Waals surface area (Å²) in [5.41, 5.74) is -8.66. The van der Waals surface area contributed by atoms with Crippen LogP contribution in [0.5, 0.6) is 0 Å². The molecule has 2 saturated carbocycles. The van der Waals surface area contributed by atoms with Gasteiger partial charge in [-0.3, -0.25) is 14.4 Å². The van der Waals surface area contributed by atoms with Crippen LogP contribution in [0.15, 0.2) is 41.7 Å². The third kappa shape index (κ3) is 8.25. The lowest BCUT2D eigenvalue weighted by Gasteiger charge is -2.67. The standard InChI is InChI=1S/C43H59NO15/c1-21(2)17-26(44-38(52)59-39(6,7)8)31(48)37(51)56-27-19-43(53)35(57-36(50)25-15-13-12-14-16-25)33-41(11,28(47)18-29-42(33,20-54-29)58-24(5)46)34(49)32(55-23(4)45)30(22(27)3)40(43,9)10/h12-16,21-22,26-29,31,33,35,47-48,53H,17-20H2,1-11H3,(H,44,52)/t22?,26-,27-,28-,29+,31+,33-,35-,41+,42-,43+/m0/s1. The van der Waals surface area contributed by atoms with E-state index in [0.717, 1.165) is 13.8 Å². The van der Waals surface area contributed by atoms with Crippen molar-refractivity contribution >= 4 is 35.8 Å². The van der Waals surface area contributed by atoms with E-state index in [1.54, 1.807) is 59.7 Å². The minimum Gasteiger partial charge on any atom is -0.460 e. The number of Topliss-reactive ketones (excluding diaryl/α,β-unsaturated/α-hetero) is 1. The summed E-state index contributed by atoms with van der Waals surface area (Å²) in [5.74, 6) is -7.95. The number of carbonyl (C=O) groups is 6. The average Bonchev–Trinajstić information content (AvgIpc) is 3.11. The van der Waals surface area contributed by atoms with Crippen molar-refractivity contribution in [2.24, 2.45) is 28.6 Å². The highest BCUT2D eigenvalue weighted by Crippen LogP contribution is 2.65. The van der Waals surface area contributed by atoms with Crippen LogP contribution in [-0.2, 0) is 47.6 Å². The SMILES string of the molecule is CC(=O)OC1=C2C(C)[C@@H](OC(=O)[C@H](O)[C@H](CC(C)C)NC(=O)OC(C)(C)C)C[C@@](O)([C@@H](OC(=O)c3ccccc3)[C@@H]3[C@]4(OC(C)=O)CO[C@@H]4C[C@H](O)[C@@]3(C)C1=O)C2(C)C. The lowest BCUT2D eigenvalue weighted by atomic mass is 9.45. The van der Waals surface area contributed by atoms with Crippen LogP contribution in [0.3, 0.4) is 0 Å². The van der Waals surface area contributed by atoms with Gasteiger partial charge in [0, 0.05) is 38.0 Å². The van der Waals surface area contributed by atoms with Crippen molar-refractivity contribution in [3.05, 3.63) is 47.2 Å². The number of rotatable bonds is 10. The number of ether oxygens (including phenoxy) is 6. The van der Waals surface area contributed by atoms with Crippen molar-refractivity contribution in [1.29, 1.82) is 0 Å². The molecular weight excluding hydrogens is 770 g/mol. The summed E-state index contributed by atoms with van der Waals surface area (Å²) >= 11 is 0. The summed E-state index contributed by atoms with van der Waals surface area (Å²) in [4.78, 5) is 82.3. The van der Waals surface area contributed by atoms with Crippen LogP contribution < -0.4 is 5.32 Å². The molecule has 0 spiro atoms. The Hall–Kier alpha value is -4.38. The maximum absolute atomic E-state index is 15.4. The zero-order valence-corrected chi connectivity index (χ0v) is 35.7. The molecule has 4 N–H and O–H groups in total. The maximum Gasteiger partial charge on any atom is 0.407 e. The number of esters is 4. The van der Waals surface area contributed by atoms with Gasteiger partial charge in [0.15, 0.2) is 17.5 Å². The molecule has 2 bridgehead atoms. The Balaban J connectivity index is 1.72. The molecular formula is C43H59NO15. The van der Waals surface area contributed by atoms with Crippen molar-refractivity contribution < 1.29 is 72.5 Å². The number of allylic oxidation sites excluding steroid dienone is 1. The highest BCUT2D eigenvalue weighted by atomic mass is 16.6. The highest BCUT2D eigenvalue weighted by Gasteiger charge is 2.78. The van der Waals surface area contributed by atoms with Gasteiger partial charge in [0.25, 0.3) is 0 Å². The van der Waals surface area contributed by atoms with Gasteiger partial charge < -0.3 is 49.1 Å². The second kappa shape index (κ2) is 16.2. The first kappa shape index (κ1) is 45.7. The molecule has 326 valence electrons. The van der Waals surface area contributed by atoms with E-state index in [1.807, 2.05) is 13.8 Å². The normalized spacial score (nSPS) is 33.4. The van der Waals surface area contributed by atoms with E-state index >= 15 is 4.79 Å². The lowest BCUT2D eigenvalue weighted by Crippen LogP contribution is -2.81. The van der Waals surface area contributed by atoms with Crippen molar-refractivity contribution in [3.8, 4) is 0 Å². The van der Waals surface area contributed by atoms with Crippen molar-refractivity contribution in [3.63, 3.8) is 0 Å². The minimum absolute atomic E-state index is 0.00510.